The van der Waals surface area contributed by atoms with Crippen LogP contribution in [0.2, 0.25) is 0 Å². The maximum absolute atomic E-state index is 13.6. The molecule has 0 saturated carbocycles. The Morgan fingerprint density at radius 1 is 0.875 bits per heavy atom. The fourth-order valence-corrected chi connectivity index (χ4v) is 6.08. The Morgan fingerprint density at radius 2 is 1.42 bits per heavy atom. The number of carbonyl (C=O) groups is 3. The zero-order chi connectivity index (χ0) is 35.1. The predicted octanol–water partition coefficient (Wildman–Crippen LogP) is 6.68. The van der Waals surface area contributed by atoms with E-state index in [0.717, 1.165) is 48.3 Å². The standard InChI is InChI=1S/C33H37FN2O5.C2HF3O2/c1-3-40-28-19-23(20-29(41-4-2)31(28)24-5-9-26(34)10-6-24)21-35-17-14-33(15-18-35)22-36(16-13-30(33)37)27-11-7-25(8-12-27)32(38)39;3-2(4,5)1(6)7/h5-12,19-20H,3-4,13-18,21-22H2,1-2H3,(H,38,39);(H,6,7). The van der Waals surface area contributed by atoms with E-state index >= 15 is 0 Å². The van der Waals surface area contributed by atoms with E-state index in [1.807, 2.05) is 38.1 Å². The van der Waals surface area contributed by atoms with Gasteiger partial charge in [-0.15, -0.1) is 0 Å². The third kappa shape index (κ3) is 8.82. The molecule has 0 bridgehead atoms. The van der Waals surface area contributed by atoms with Gasteiger partial charge in [-0.2, -0.15) is 13.2 Å². The van der Waals surface area contributed by atoms with Gasteiger partial charge < -0.3 is 24.6 Å². The van der Waals surface area contributed by atoms with Crippen molar-refractivity contribution in [1.29, 1.82) is 0 Å². The number of carboxylic acid groups (broad SMARTS) is 2. The number of hydrogen-bond acceptors (Lipinski definition) is 7. The van der Waals surface area contributed by atoms with Crippen molar-refractivity contribution in [2.24, 2.45) is 5.41 Å². The number of carboxylic acids is 2. The lowest BCUT2D eigenvalue weighted by Gasteiger charge is -2.47. The van der Waals surface area contributed by atoms with Crippen LogP contribution in [0.1, 0.15) is 49.0 Å². The van der Waals surface area contributed by atoms with Crippen molar-refractivity contribution in [3.05, 3.63) is 77.6 Å². The second kappa shape index (κ2) is 15.5. The van der Waals surface area contributed by atoms with Gasteiger partial charge >= 0.3 is 18.1 Å². The number of rotatable bonds is 9. The first-order valence-corrected chi connectivity index (χ1v) is 15.6. The minimum absolute atomic E-state index is 0.260. The highest BCUT2D eigenvalue weighted by Gasteiger charge is 2.44. The van der Waals surface area contributed by atoms with Gasteiger partial charge in [0.05, 0.1) is 24.3 Å². The van der Waals surface area contributed by atoms with Crippen molar-refractivity contribution in [3.8, 4) is 22.6 Å². The molecular weight excluding hydrogens is 636 g/mol. The Hall–Kier alpha value is -4.65. The molecule has 0 atom stereocenters. The molecule has 0 unspecified atom stereocenters. The van der Waals surface area contributed by atoms with Crippen molar-refractivity contribution in [3.63, 3.8) is 0 Å². The molecule has 13 heteroatoms. The molecule has 0 amide bonds. The lowest BCUT2D eigenvalue weighted by molar-refractivity contribution is -0.192. The Morgan fingerprint density at radius 3 is 1.90 bits per heavy atom. The number of carbonyl (C=O) groups excluding carboxylic acids is 1. The third-order valence-electron chi connectivity index (χ3n) is 8.49. The summed E-state index contributed by atoms with van der Waals surface area (Å²) in [5.41, 5.74) is 3.54. The minimum atomic E-state index is -5.08. The van der Waals surface area contributed by atoms with Crippen LogP contribution >= 0.6 is 0 Å². The van der Waals surface area contributed by atoms with E-state index in [2.05, 4.69) is 9.80 Å². The molecule has 48 heavy (non-hydrogen) atoms. The van der Waals surface area contributed by atoms with Crippen molar-refractivity contribution in [2.45, 2.75) is 45.8 Å². The summed E-state index contributed by atoms with van der Waals surface area (Å²) in [6.45, 7) is 8.47. The SMILES string of the molecule is CCOc1cc(CN2CCC3(CC2)CN(c2ccc(C(=O)O)cc2)CCC3=O)cc(OCC)c1-c1ccc(F)cc1.O=C(O)C(F)(F)F. The Labute approximate surface area is 275 Å². The van der Waals surface area contributed by atoms with E-state index in [1.54, 1.807) is 24.3 Å². The zero-order valence-electron chi connectivity index (χ0n) is 26.7. The fourth-order valence-electron chi connectivity index (χ4n) is 6.08. The first kappa shape index (κ1) is 36.2. The zero-order valence-corrected chi connectivity index (χ0v) is 26.7. The average Bonchev–Trinajstić information content (AvgIpc) is 3.04. The van der Waals surface area contributed by atoms with Gasteiger partial charge in [0.25, 0.3) is 0 Å². The second-order valence-electron chi connectivity index (χ2n) is 11.6. The van der Waals surface area contributed by atoms with Gasteiger partial charge in [-0.1, -0.05) is 12.1 Å². The molecule has 3 aromatic rings. The van der Waals surface area contributed by atoms with E-state index in [4.69, 9.17) is 19.4 Å². The largest absolute Gasteiger partial charge is 0.493 e. The molecule has 3 aromatic carbocycles. The molecule has 0 radical (unpaired) electrons. The molecule has 258 valence electrons. The van der Waals surface area contributed by atoms with Crippen LogP contribution in [0.25, 0.3) is 11.1 Å². The molecule has 0 aliphatic carbocycles. The summed E-state index contributed by atoms with van der Waals surface area (Å²) in [7, 11) is 0. The second-order valence-corrected chi connectivity index (χ2v) is 11.6. The van der Waals surface area contributed by atoms with E-state index in [0.29, 0.717) is 56.6 Å². The number of ether oxygens (including phenoxy) is 2. The number of aromatic carboxylic acids is 1. The van der Waals surface area contributed by atoms with Crippen LogP contribution in [-0.2, 0) is 16.1 Å². The molecule has 1 spiro atoms. The normalized spacial score (nSPS) is 16.2. The molecule has 2 aliphatic heterocycles. The summed E-state index contributed by atoms with van der Waals surface area (Å²) in [6.07, 6.45) is -3.03. The number of likely N-dealkylation sites (tertiary alicyclic amines) is 1. The van der Waals surface area contributed by atoms with Crippen molar-refractivity contribution in [1.82, 2.24) is 4.90 Å². The number of halogens is 4. The first-order chi connectivity index (χ1) is 22.8. The number of anilines is 1. The summed E-state index contributed by atoms with van der Waals surface area (Å²) in [4.78, 5) is 37.9. The van der Waals surface area contributed by atoms with Gasteiger partial charge in [0.1, 0.15) is 23.1 Å². The van der Waals surface area contributed by atoms with Crippen molar-refractivity contribution in [2.75, 3.05) is 44.3 Å². The summed E-state index contributed by atoms with van der Waals surface area (Å²) >= 11 is 0. The van der Waals surface area contributed by atoms with E-state index < -0.39 is 18.1 Å². The summed E-state index contributed by atoms with van der Waals surface area (Å²) < 4.78 is 57.4. The van der Waals surface area contributed by atoms with Gasteiger partial charge in [-0.25, -0.2) is 14.0 Å². The number of ketones is 1. The van der Waals surface area contributed by atoms with Crippen LogP contribution < -0.4 is 14.4 Å². The van der Waals surface area contributed by atoms with Crippen LogP contribution in [0.5, 0.6) is 11.5 Å². The molecule has 9 nitrogen and oxygen atoms in total. The third-order valence-corrected chi connectivity index (χ3v) is 8.49. The van der Waals surface area contributed by atoms with Gasteiger partial charge in [-0.05, 0) is 99.4 Å². The fraction of sp³-hybridized carbons (Fsp3) is 0.400. The van der Waals surface area contributed by atoms with Gasteiger partial charge in [-0.3, -0.25) is 9.69 Å². The van der Waals surface area contributed by atoms with Crippen LogP contribution in [0.4, 0.5) is 23.2 Å². The number of nitrogens with zero attached hydrogens (tertiary/aromatic N) is 2. The highest BCUT2D eigenvalue weighted by atomic mass is 19.4. The van der Waals surface area contributed by atoms with Gasteiger partial charge in [0, 0.05) is 37.2 Å². The van der Waals surface area contributed by atoms with Gasteiger partial charge in [0.15, 0.2) is 0 Å². The van der Waals surface area contributed by atoms with E-state index in [9.17, 15) is 32.3 Å². The van der Waals surface area contributed by atoms with Crippen molar-refractivity contribution >= 4 is 23.4 Å². The van der Waals surface area contributed by atoms with E-state index in [-0.39, 0.29) is 16.8 Å². The Balaban J connectivity index is 0.000000671. The quantitative estimate of drug-likeness (QED) is 0.240. The topological polar surface area (TPSA) is 117 Å². The molecule has 2 aliphatic rings. The van der Waals surface area contributed by atoms with E-state index in [1.165, 1.54) is 12.1 Å². The predicted molar refractivity (Wildman–Crippen MR) is 170 cm³/mol. The maximum Gasteiger partial charge on any atom is 0.490 e. The molecular formula is C35H38F4N2O7. The molecule has 2 fully saturated rings. The lowest BCUT2D eigenvalue weighted by Crippen LogP contribution is -2.54. The lowest BCUT2D eigenvalue weighted by atomic mass is 9.71. The Kier molecular flexibility index (Phi) is 11.7. The van der Waals surface area contributed by atoms with Gasteiger partial charge in [0.2, 0.25) is 0 Å². The summed E-state index contributed by atoms with van der Waals surface area (Å²) in [5.74, 6) is -2.24. The molecule has 5 rings (SSSR count). The number of benzene rings is 3. The number of Topliss-reactive ketones (excluding diaryl/α,β-unsaturated/α-hetero) is 1. The maximum atomic E-state index is 13.6. The first-order valence-electron chi connectivity index (χ1n) is 15.6. The minimum Gasteiger partial charge on any atom is -0.493 e. The van der Waals surface area contributed by atoms with Crippen LogP contribution in [0, 0.1) is 11.2 Å². The molecule has 0 aromatic heterocycles. The molecule has 2 saturated heterocycles. The Bertz CT molecular complexity index is 1560. The monoisotopic (exact) mass is 674 g/mol. The number of aliphatic carboxylic acids is 1. The van der Waals surface area contributed by atoms with Crippen LogP contribution in [-0.4, -0.2) is 78.4 Å². The van der Waals surface area contributed by atoms with Crippen LogP contribution in [0.15, 0.2) is 60.7 Å². The molecule has 2 N–H and O–H groups in total. The summed E-state index contributed by atoms with van der Waals surface area (Å²) in [5, 5.41) is 16.3. The highest BCUT2D eigenvalue weighted by Crippen LogP contribution is 2.42. The number of hydrogen-bond donors (Lipinski definition) is 2. The smallest absolute Gasteiger partial charge is 0.490 e. The number of alkyl halides is 3. The highest BCUT2D eigenvalue weighted by molar-refractivity contribution is 5.89. The number of piperidine rings is 2. The van der Waals surface area contributed by atoms with Crippen LogP contribution in [0.3, 0.4) is 0 Å². The van der Waals surface area contributed by atoms with Crippen molar-refractivity contribution < 1.29 is 51.6 Å². The average molecular weight is 675 g/mol. The molecule has 2 heterocycles. The summed E-state index contributed by atoms with van der Waals surface area (Å²) in [6, 6.07) is 17.4.